The number of alkyl halides is 5. The van der Waals surface area contributed by atoms with Crippen LogP contribution in [-0.2, 0) is 0 Å². The van der Waals surface area contributed by atoms with E-state index in [1.807, 2.05) is 0 Å². The van der Waals surface area contributed by atoms with Crippen LogP contribution in [0.4, 0.5) is 29.1 Å². The van der Waals surface area contributed by atoms with Gasteiger partial charge in [-0.25, -0.2) is 23.7 Å². The minimum atomic E-state index is -3.86. The van der Waals surface area contributed by atoms with Crippen LogP contribution in [0.5, 0.6) is 5.75 Å². The molecule has 3 heterocycles. The SMILES string of the molecule is CCC(F)(F)C1(N)CCN(c2ncc(C(=O)Nc3ccc(OC(F)(F)Cl)cc3)cc2-c2cncnc2)C1. The fourth-order valence-corrected chi connectivity index (χ4v) is 4.18. The molecule has 0 saturated carbocycles. The largest absolute Gasteiger partial charge is 0.487 e. The van der Waals surface area contributed by atoms with Crippen LogP contribution in [0, 0.1) is 0 Å². The number of pyridine rings is 1. The van der Waals surface area contributed by atoms with Gasteiger partial charge in [-0.05, 0) is 36.8 Å². The molecule has 3 aromatic rings. The molecule has 37 heavy (non-hydrogen) atoms. The molecule has 2 aromatic heterocycles. The summed E-state index contributed by atoms with van der Waals surface area (Å²) in [6, 6.07) is 6.72. The van der Waals surface area contributed by atoms with Crippen LogP contribution in [0.2, 0.25) is 0 Å². The topological polar surface area (TPSA) is 106 Å². The summed E-state index contributed by atoms with van der Waals surface area (Å²) in [7, 11) is 0. The zero-order valence-corrected chi connectivity index (χ0v) is 20.4. The van der Waals surface area contributed by atoms with Gasteiger partial charge in [-0.3, -0.25) is 4.79 Å². The maximum absolute atomic E-state index is 14.5. The summed E-state index contributed by atoms with van der Waals surface area (Å²) in [5.74, 6) is -3.42. The Kier molecular flexibility index (Phi) is 7.24. The third-order valence-corrected chi connectivity index (χ3v) is 6.20. The van der Waals surface area contributed by atoms with Crippen molar-refractivity contribution in [2.75, 3.05) is 23.3 Å². The second-order valence-electron chi connectivity index (χ2n) is 8.63. The average molecular weight is 539 g/mol. The molecule has 0 aliphatic carbocycles. The molecule has 4 rings (SSSR count). The van der Waals surface area contributed by atoms with Crippen molar-refractivity contribution in [3.8, 4) is 16.9 Å². The van der Waals surface area contributed by atoms with E-state index in [4.69, 9.17) is 17.3 Å². The number of nitrogens with zero attached hydrogens (tertiary/aromatic N) is 4. The number of carbonyl (C=O) groups is 1. The molecule has 1 unspecified atom stereocenters. The molecule has 8 nitrogen and oxygen atoms in total. The Balaban J connectivity index is 1.60. The van der Waals surface area contributed by atoms with E-state index < -0.39 is 22.9 Å². The Morgan fingerprint density at radius 1 is 1.19 bits per heavy atom. The fraction of sp³-hybridized carbons (Fsp3) is 0.333. The van der Waals surface area contributed by atoms with Crippen molar-refractivity contribution in [2.45, 2.75) is 36.8 Å². The van der Waals surface area contributed by atoms with E-state index in [9.17, 15) is 22.4 Å². The molecule has 1 aliphatic heterocycles. The lowest BCUT2D eigenvalue weighted by molar-refractivity contribution is -0.0964. The van der Waals surface area contributed by atoms with Gasteiger partial charge in [-0.2, -0.15) is 0 Å². The van der Waals surface area contributed by atoms with E-state index in [2.05, 4.69) is 25.0 Å². The molecule has 1 amide bonds. The van der Waals surface area contributed by atoms with Crippen molar-refractivity contribution < 1.29 is 27.1 Å². The molecule has 3 N–H and O–H groups in total. The maximum atomic E-state index is 14.5. The Bertz CT molecular complexity index is 1260. The van der Waals surface area contributed by atoms with E-state index in [1.165, 1.54) is 56.1 Å². The number of amides is 1. The number of hydrogen-bond donors (Lipinski definition) is 2. The van der Waals surface area contributed by atoms with E-state index in [0.29, 0.717) is 22.6 Å². The van der Waals surface area contributed by atoms with Gasteiger partial charge in [-0.1, -0.05) is 6.92 Å². The lowest BCUT2D eigenvalue weighted by atomic mass is 9.90. The summed E-state index contributed by atoms with van der Waals surface area (Å²) in [5.41, 5.74) is 1.99. The molecule has 196 valence electrons. The number of ether oxygens (including phenoxy) is 1. The van der Waals surface area contributed by atoms with Crippen LogP contribution in [0.15, 0.2) is 55.2 Å². The molecular weight excluding hydrogens is 516 g/mol. The van der Waals surface area contributed by atoms with Crippen molar-refractivity contribution in [2.24, 2.45) is 5.73 Å². The first-order valence-corrected chi connectivity index (χ1v) is 11.6. The monoisotopic (exact) mass is 538 g/mol. The Morgan fingerprint density at radius 2 is 1.86 bits per heavy atom. The molecule has 0 radical (unpaired) electrons. The van der Waals surface area contributed by atoms with Crippen LogP contribution in [0.3, 0.4) is 0 Å². The number of anilines is 2. The predicted molar refractivity (Wildman–Crippen MR) is 130 cm³/mol. The van der Waals surface area contributed by atoms with Gasteiger partial charge in [0.2, 0.25) is 0 Å². The first-order valence-electron chi connectivity index (χ1n) is 11.2. The van der Waals surface area contributed by atoms with E-state index >= 15 is 0 Å². The molecule has 1 fully saturated rings. The molecule has 1 aliphatic rings. The third kappa shape index (κ3) is 5.91. The lowest BCUT2D eigenvalue weighted by Crippen LogP contribution is -2.57. The van der Waals surface area contributed by atoms with Crippen molar-refractivity contribution in [3.05, 3.63) is 60.8 Å². The van der Waals surface area contributed by atoms with E-state index in [0.717, 1.165) is 0 Å². The average Bonchev–Trinajstić information content (AvgIpc) is 3.28. The predicted octanol–water partition coefficient (Wildman–Crippen LogP) is 4.91. The van der Waals surface area contributed by atoms with Crippen LogP contribution < -0.4 is 20.7 Å². The summed E-state index contributed by atoms with van der Waals surface area (Å²) >= 11 is 4.75. The highest BCUT2D eigenvalue weighted by Crippen LogP contribution is 2.40. The Hall–Kier alpha value is -3.51. The van der Waals surface area contributed by atoms with Gasteiger partial charge in [0.15, 0.2) is 0 Å². The summed E-state index contributed by atoms with van der Waals surface area (Å²) in [4.78, 5) is 27.0. The number of hydrogen-bond acceptors (Lipinski definition) is 7. The second-order valence-corrected chi connectivity index (χ2v) is 9.07. The van der Waals surface area contributed by atoms with Crippen molar-refractivity contribution >= 4 is 29.0 Å². The molecule has 1 saturated heterocycles. The highest BCUT2D eigenvalue weighted by molar-refractivity contribution is 6.20. The van der Waals surface area contributed by atoms with Crippen LogP contribution >= 0.6 is 11.6 Å². The van der Waals surface area contributed by atoms with Gasteiger partial charge in [-0.15, -0.1) is 8.78 Å². The van der Waals surface area contributed by atoms with Gasteiger partial charge < -0.3 is 20.7 Å². The number of halogens is 5. The van der Waals surface area contributed by atoms with Crippen molar-refractivity contribution in [1.29, 1.82) is 0 Å². The summed E-state index contributed by atoms with van der Waals surface area (Å²) in [6.45, 7) is 1.52. The molecule has 1 aromatic carbocycles. The van der Waals surface area contributed by atoms with E-state index in [-0.39, 0.29) is 37.2 Å². The quantitative estimate of drug-likeness (QED) is 0.310. The van der Waals surface area contributed by atoms with Crippen molar-refractivity contribution in [1.82, 2.24) is 15.0 Å². The van der Waals surface area contributed by atoms with Crippen LogP contribution in [0.25, 0.3) is 11.1 Å². The molecular formula is C24H23ClF4N6O2. The van der Waals surface area contributed by atoms with Gasteiger partial charge >= 0.3 is 5.57 Å². The normalized spacial score (nSPS) is 18.1. The smallest absolute Gasteiger partial charge is 0.420 e. The third-order valence-electron chi connectivity index (χ3n) is 6.12. The van der Waals surface area contributed by atoms with Crippen LogP contribution in [-0.4, -0.2) is 51.0 Å². The number of nitrogens with two attached hydrogens (primary N) is 1. The summed E-state index contributed by atoms with van der Waals surface area (Å²) in [5, 5.41) is 2.64. The Morgan fingerprint density at radius 3 is 2.49 bits per heavy atom. The molecule has 1 atom stereocenters. The minimum absolute atomic E-state index is 0.0673. The van der Waals surface area contributed by atoms with Crippen molar-refractivity contribution in [3.63, 3.8) is 0 Å². The zero-order valence-electron chi connectivity index (χ0n) is 19.6. The Labute approximate surface area is 214 Å². The highest BCUT2D eigenvalue weighted by Gasteiger charge is 2.53. The second kappa shape index (κ2) is 10.1. The number of benzene rings is 1. The maximum Gasteiger partial charge on any atom is 0.487 e. The number of aromatic nitrogens is 3. The van der Waals surface area contributed by atoms with Gasteiger partial charge in [0, 0.05) is 66.5 Å². The molecule has 0 spiro atoms. The van der Waals surface area contributed by atoms with Gasteiger partial charge in [0.1, 0.15) is 17.9 Å². The minimum Gasteiger partial charge on any atom is -0.420 e. The van der Waals surface area contributed by atoms with Gasteiger partial charge in [0.05, 0.1) is 11.1 Å². The van der Waals surface area contributed by atoms with E-state index in [1.54, 1.807) is 11.0 Å². The number of nitrogens with one attached hydrogen (secondary N) is 1. The van der Waals surface area contributed by atoms with Gasteiger partial charge in [0.25, 0.3) is 11.8 Å². The zero-order chi connectivity index (χ0) is 26.8. The number of rotatable bonds is 8. The first kappa shape index (κ1) is 26.6. The standard InChI is InChI=1S/C24H23ClF4N6O2/c1-2-23(26,27)22(30)7-8-35(13-22)20-19(16-10-31-14-32-11-16)9-15(12-33-20)21(36)34-17-3-5-18(6-4-17)37-24(25,28)29/h3-6,9-12,14H,2,7-8,13,30H2,1H3,(H,34,36). The molecule has 0 bridgehead atoms. The fourth-order valence-electron chi connectivity index (χ4n) is 4.09. The highest BCUT2D eigenvalue weighted by atomic mass is 35.5. The van der Waals surface area contributed by atoms with Crippen LogP contribution in [0.1, 0.15) is 30.1 Å². The summed E-state index contributed by atoms with van der Waals surface area (Å²) < 4.78 is 58.9. The first-order chi connectivity index (χ1) is 17.4. The molecule has 13 heteroatoms. The number of carbonyl (C=O) groups excluding carboxylic acids is 1. The summed E-state index contributed by atoms with van der Waals surface area (Å²) in [6.07, 6.45) is 5.38. The lowest BCUT2D eigenvalue weighted by Gasteiger charge is -2.33.